The number of thiazole rings is 1. The predicted octanol–water partition coefficient (Wildman–Crippen LogP) is 3.46. The van der Waals surface area contributed by atoms with E-state index in [4.69, 9.17) is 0 Å². The molecule has 4 rings (SSSR count). The lowest BCUT2D eigenvalue weighted by atomic mass is 10.0. The van der Waals surface area contributed by atoms with E-state index >= 15 is 0 Å². The fraction of sp³-hybridized carbons (Fsp3) is 0.176. The third-order valence-electron chi connectivity index (χ3n) is 3.88. The van der Waals surface area contributed by atoms with Crippen LogP contribution in [0.5, 0.6) is 0 Å². The number of nitrogens with one attached hydrogen (secondary N) is 1. The summed E-state index contributed by atoms with van der Waals surface area (Å²) in [6, 6.07) is 9.11. The Labute approximate surface area is 136 Å². The highest BCUT2D eigenvalue weighted by molar-refractivity contribution is 7.17. The van der Waals surface area contributed by atoms with Crippen LogP contribution in [0.15, 0.2) is 36.5 Å². The van der Waals surface area contributed by atoms with Gasteiger partial charge in [0.1, 0.15) is 0 Å². The first-order chi connectivity index (χ1) is 11.2. The van der Waals surface area contributed by atoms with Crippen molar-refractivity contribution in [2.75, 3.05) is 5.32 Å². The molecule has 0 saturated heterocycles. The van der Waals surface area contributed by atoms with Crippen LogP contribution in [0.3, 0.4) is 0 Å². The van der Waals surface area contributed by atoms with Gasteiger partial charge in [0, 0.05) is 23.6 Å². The van der Waals surface area contributed by atoms with E-state index in [0.717, 1.165) is 29.4 Å². The molecule has 0 radical (unpaired) electrons. The molecule has 23 heavy (non-hydrogen) atoms. The van der Waals surface area contributed by atoms with Gasteiger partial charge in [-0.25, -0.2) is 4.98 Å². The number of fused-ring (bicyclic) bond motifs is 2. The highest BCUT2D eigenvalue weighted by Crippen LogP contribution is 2.30. The molecule has 1 N–H and O–H groups in total. The molecule has 1 amide bonds. The number of benzene rings is 1. The normalized spacial score (nSPS) is 13.8. The summed E-state index contributed by atoms with van der Waals surface area (Å²) in [7, 11) is 0. The van der Waals surface area contributed by atoms with Crippen molar-refractivity contribution in [1.29, 1.82) is 0 Å². The van der Waals surface area contributed by atoms with Crippen molar-refractivity contribution in [1.82, 2.24) is 9.97 Å². The molecule has 2 aromatic heterocycles. The van der Waals surface area contributed by atoms with Crippen LogP contribution in [0, 0.1) is 0 Å². The highest BCUT2D eigenvalue weighted by Gasteiger charge is 2.23. The van der Waals surface area contributed by atoms with Crippen LogP contribution in [-0.4, -0.2) is 21.7 Å². The Hall–Kier alpha value is -2.60. The first kappa shape index (κ1) is 14.0. The lowest BCUT2D eigenvalue weighted by Crippen LogP contribution is -2.12. The molecule has 0 unspecified atom stereocenters. The molecule has 3 aromatic rings. The van der Waals surface area contributed by atoms with E-state index in [0.29, 0.717) is 22.0 Å². The van der Waals surface area contributed by atoms with Gasteiger partial charge in [-0.15, -0.1) is 0 Å². The summed E-state index contributed by atoms with van der Waals surface area (Å²) >= 11 is 1.26. The van der Waals surface area contributed by atoms with E-state index in [9.17, 15) is 9.59 Å². The van der Waals surface area contributed by atoms with Gasteiger partial charge in [-0.2, -0.15) is 0 Å². The molecular weight excluding hydrogens is 310 g/mol. The average molecular weight is 323 g/mol. The second-order valence-electron chi connectivity index (χ2n) is 5.40. The minimum atomic E-state index is -0.234. The first-order valence-electron chi connectivity index (χ1n) is 7.40. The summed E-state index contributed by atoms with van der Waals surface area (Å²) in [6.07, 6.45) is 3.89. The number of carbonyl (C=O) groups is 2. The Bertz CT molecular complexity index is 927. The quantitative estimate of drug-likeness (QED) is 0.784. The van der Waals surface area contributed by atoms with Gasteiger partial charge in [-0.3, -0.25) is 19.9 Å². The van der Waals surface area contributed by atoms with Crippen molar-refractivity contribution in [3.63, 3.8) is 0 Å². The zero-order valence-electron chi connectivity index (χ0n) is 12.2. The molecule has 1 aliphatic carbocycles. The van der Waals surface area contributed by atoms with E-state index in [2.05, 4.69) is 15.3 Å². The van der Waals surface area contributed by atoms with Gasteiger partial charge in [-0.05, 0) is 31.0 Å². The standard InChI is InChI=1S/C17H13N3O2S/c21-14-8-2-7-13-15(14)23-17(19-13)20-16(22)11-4-1-6-12-10(11)5-3-9-18-12/h1,3-6,9H,2,7-8H2,(H,19,20,22). The monoisotopic (exact) mass is 323 g/mol. The first-order valence-corrected chi connectivity index (χ1v) is 8.22. The van der Waals surface area contributed by atoms with Crippen LogP contribution in [0.25, 0.3) is 10.9 Å². The Balaban J connectivity index is 1.66. The molecule has 0 fully saturated rings. The molecule has 0 atom stereocenters. The van der Waals surface area contributed by atoms with Crippen molar-refractivity contribution >= 4 is 39.1 Å². The number of ketones is 1. The number of Topliss-reactive ketones (excluding diaryl/α,β-unsaturated/α-hetero) is 1. The van der Waals surface area contributed by atoms with Gasteiger partial charge < -0.3 is 0 Å². The maximum absolute atomic E-state index is 12.6. The van der Waals surface area contributed by atoms with E-state index in [1.54, 1.807) is 24.4 Å². The number of nitrogens with zero attached hydrogens (tertiary/aromatic N) is 2. The van der Waals surface area contributed by atoms with Crippen LogP contribution >= 0.6 is 11.3 Å². The molecule has 0 aliphatic heterocycles. The van der Waals surface area contributed by atoms with Gasteiger partial charge in [0.15, 0.2) is 10.9 Å². The Morgan fingerprint density at radius 2 is 2.09 bits per heavy atom. The second kappa shape index (κ2) is 5.55. The number of aromatic nitrogens is 2. The fourth-order valence-electron chi connectivity index (χ4n) is 2.79. The predicted molar refractivity (Wildman–Crippen MR) is 89.1 cm³/mol. The van der Waals surface area contributed by atoms with Crippen LogP contribution in [0.1, 0.15) is 38.6 Å². The number of amides is 1. The van der Waals surface area contributed by atoms with Gasteiger partial charge in [0.25, 0.3) is 5.91 Å². The Morgan fingerprint density at radius 3 is 2.96 bits per heavy atom. The van der Waals surface area contributed by atoms with Crippen molar-refractivity contribution in [2.24, 2.45) is 0 Å². The van der Waals surface area contributed by atoms with Crippen LogP contribution in [0.2, 0.25) is 0 Å². The van der Waals surface area contributed by atoms with Gasteiger partial charge in [-0.1, -0.05) is 23.5 Å². The lowest BCUT2D eigenvalue weighted by molar-refractivity contribution is 0.0975. The summed E-state index contributed by atoms with van der Waals surface area (Å²) < 4.78 is 0. The van der Waals surface area contributed by atoms with Gasteiger partial charge in [0.2, 0.25) is 0 Å². The maximum atomic E-state index is 12.6. The fourth-order valence-corrected chi connectivity index (χ4v) is 3.76. The maximum Gasteiger partial charge on any atom is 0.258 e. The van der Waals surface area contributed by atoms with Crippen molar-refractivity contribution < 1.29 is 9.59 Å². The third-order valence-corrected chi connectivity index (χ3v) is 4.93. The molecule has 1 aromatic carbocycles. The van der Waals surface area contributed by atoms with Crippen LogP contribution < -0.4 is 5.32 Å². The van der Waals surface area contributed by atoms with Crippen molar-refractivity contribution in [3.05, 3.63) is 52.7 Å². The Kier molecular flexibility index (Phi) is 3.38. The summed E-state index contributed by atoms with van der Waals surface area (Å²) in [5.41, 5.74) is 2.13. The van der Waals surface area contributed by atoms with Gasteiger partial charge in [0.05, 0.1) is 16.1 Å². The van der Waals surface area contributed by atoms with E-state index < -0.39 is 0 Å². The highest BCUT2D eigenvalue weighted by atomic mass is 32.1. The molecule has 0 bridgehead atoms. The molecule has 2 heterocycles. The van der Waals surface area contributed by atoms with Gasteiger partial charge >= 0.3 is 0 Å². The summed E-state index contributed by atoms with van der Waals surface area (Å²) in [5, 5.41) is 4.10. The smallest absolute Gasteiger partial charge is 0.258 e. The largest absolute Gasteiger partial charge is 0.298 e. The number of anilines is 1. The average Bonchev–Trinajstić information content (AvgIpc) is 2.98. The SMILES string of the molecule is O=C1CCCc2nc(NC(=O)c3cccc4ncccc34)sc21. The summed E-state index contributed by atoms with van der Waals surface area (Å²) in [6.45, 7) is 0. The van der Waals surface area contributed by atoms with Crippen LogP contribution in [-0.2, 0) is 6.42 Å². The number of rotatable bonds is 2. The minimum Gasteiger partial charge on any atom is -0.298 e. The number of carbonyl (C=O) groups excluding carboxylic acids is 2. The summed E-state index contributed by atoms with van der Waals surface area (Å²) in [5.74, 6) is -0.110. The molecule has 1 aliphatic rings. The zero-order valence-corrected chi connectivity index (χ0v) is 13.0. The van der Waals surface area contributed by atoms with Crippen molar-refractivity contribution in [3.8, 4) is 0 Å². The molecule has 6 heteroatoms. The molecular formula is C17H13N3O2S. The topological polar surface area (TPSA) is 72.0 Å². The number of hydrogen-bond donors (Lipinski definition) is 1. The van der Waals surface area contributed by atoms with Crippen molar-refractivity contribution in [2.45, 2.75) is 19.3 Å². The molecule has 5 nitrogen and oxygen atoms in total. The van der Waals surface area contributed by atoms with Crippen LogP contribution in [0.4, 0.5) is 5.13 Å². The lowest BCUT2D eigenvalue weighted by Gasteiger charge is -2.06. The number of hydrogen-bond acceptors (Lipinski definition) is 5. The molecule has 0 spiro atoms. The molecule has 114 valence electrons. The van der Waals surface area contributed by atoms with E-state index in [1.165, 1.54) is 11.3 Å². The zero-order chi connectivity index (χ0) is 15.8. The minimum absolute atomic E-state index is 0.124. The Morgan fingerprint density at radius 1 is 1.17 bits per heavy atom. The van der Waals surface area contributed by atoms with E-state index in [-0.39, 0.29) is 11.7 Å². The number of aryl methyl sites for hydroxylation is 1. The second-order valence-corrected chi connectivity index (χ2v) is 6.40. The van der Waals surface area contributed by atoms with E-state index in [1.807, 2.05) is 12.1 Å². The summed E-state index contributed by atoms with van der Waals surface area (Å²) in [4.78, 5) is 33.8. The third kappa shape index (κ3) is 2.51. The number of pyridine rings is 1. The molecule has 0 saturated carbocycles.